The van der Waals surface area contributed by atoms with Crippen molar-refractivity contribution in [3.63, 3.8) is 0 Å². The van der Waals surface area contributed by atoms with Crippen LogP contribution in [-0.4, -0.2) is 0 Å². The number of allylic oxidation sites excluding steroid dienone is 2. The fourth-order valence-corrected chi connectivity index (χ4v) is 3.42. The Morgan fingerprint density at radius 3 is 2.33 bits per heavy atom. The van der Waals surface area contributed by atoms with Crippen LogP contribution in [0, 0.1) is 0 Å². The van der Waals surface area contributed by atoms with Crippen molar-refractivity contribution in [2.24, 2.45) is 0 Å². The molecule has 1 aliphatic carbocycles. The molecular weight excluding hydrogens is 252 g/mol. The van der Waals surface area contributed by atoms with Gasteiger partial charge < -0.3 is 0 Å². The third-order valence-corrected chi connectivity index (χ3v) is 4.54. The smallest absolute Gasteiger partial charge is 0.00481 e. The van der Waals surface area contributed by atoms with E-state index in [9.17, 15) is 0 Å². The number of rotatable bonds is 4. The Balaban J connectivity index is 1.68. The van der Waals surface area contributed by atoms with Gasteiger partial charge in [-0.2, -0.15) is 0 Å². The molecule has 0 bridgehead atoms. The molecule has 21 heavy (non-hydrogen) atoms. The van der Waals surface area contributed by atoms with Gasteiger partial charge in [0, 0.05) is 5.92 Å². The first-order valence-corrected chi connectivity index (χ1v) is 8.21. The minimum absolute atomic E-state index is 0.663. The maximum atomic E-state index is 2.52. The van der Waals surface area contributed by atoms with Crippen LogP contribution in [0.2, 0.25) is 0 Å². The highest BCUT2D eigenvalue weighted by Crippen LogP contribution is 2.37. The average Bonchev–Trinajstić information content (AvgIpc) is 2.57. The third kappa shape index (κ3) is 3.85. The normalized spacial score (nSPS) is 20.6. The standard InChI is InChI=1S/C21H24/c1-3-10-18(11-4-1)12-9-16-20-15-7-8-17-21(20)19-13-5-2-6-14-19/h1-6,10-11,13-14,16,21H,7-9,12,15,17H2/b20-16+. The Kier molecular flexibility index (Phi) is 4.89. The lowest BCUT2D eigenvalue weighted by Crippen LogP contribution is -2.08. The van der Waals surface area contributed by atoms with Crippen LogP contribution in [0.25, 0.3) is 0 Å². The molecule has 2 aromatic carbocycles. The van der Waals surface area contributed by atoms with Crippen LogP contribution in [0.5, 0.6) is 0 Å². The lowest BCUT2D eigenvalue weighted by Gasteiger charge is -2.26. The van der Waals surface area contributed by atoms with Crippen LogP contribution < -0.4 is 0 Å². The molecule has 108 valence electrons. The van der Waals surface area contributed by atoms with Crippen LogP contribution in [0.1, 0.15) is 49.1 Å². The van der Waals surface area contributed by atoms with E-state index in [0.717, 1.165) is 6.42 Å². The summed E-state index contributed by atoms with van der Waals surface area (Å²) in [6, 6.07) is 21.9. The zero-order chi connectivity index (χ0) is 14.3. The second-order valence-electron chi connectivity index (χ2n) is 6.01. The fourth-order valence-electron chi connectivity index (χ4n) is 3.42. The zero-order valence-corrected chi connectivity index (χ0v) is 12.7. The third-order valence-electron chi connectivity index (χ3n) is 4.54. The summed E-state index contributed by atoms with van der Waals surface area (Å²) >= 11 is 0. The second-order valence-corrected chi connectivity index (χ2v) is 6.01. The van der Waals surface area contributed by atoms with E-state index in [1.54, 1.807) is 5.57 Å². The van der Waals surface area contributed by atoms with Crippen molar-refractivity contribution in [3.05, 3.63) is 83.4 Å². The molecule has 0 amide bonds. The molecule has 0 heteroatoms. The van der Waals surface area contributed by atoms with E-state index < -0.39 is 0 Å². The summed E-state index contributed by atoms with van der Waals surface area (Å²) in [5.74, 6) is 0.663. The van der Waals surface area contributed by atoms with Crippen molar-refractivity contribution >= 4 is 0 Å². The molecule has 2 aromatic rings. The molecular formula is C21H24. The van der Waals surface area contributed by atoms with E-state index in [0.29, 0.717) is 5.92 Å². The lowest BCUT2D eigenvalue weighted by molar-refractivity contribution is 0.538. The largest absolute Gasteiger partial charge is 0.0844 e. The molecule has 0 heterocycles. The van der Waals surface area contributed by atoms with Gasteiger partial charge in [0.05, 0.1) is 0 Å². The molecule has 1 fully saturated rings. The molecule has 0 radical (unpaired) electrons. The highest BCUT2D eigenvalue weighted by atomic mass is 14.2. The van der Waals surface area contributed by atoms with Gasteiger partial charge in [-0.05, 0) is 43.2 Å². The fraction of sp³-hybridized carbons (Fsp3) is 0.333. The van der Waals surface area contributed by atoms with E-state index in [4.69, 9.17) is 0 Å². The summed E-state index contributed by atoms with van der Waals surface area (Å²) < 4.78 is 0. The first kappa shape index (κ1) is 14.1. The van der Waals surface area contributed by atoms with Gasteiger partial charge in [-0.25, -0.2) is 0 Å². The SMILES string of the molecule is C(/CCc1ccccc1)=C1/CCCCC1c1ccccc1. The van der Waals surface area contributed by atoms with E-state index in [1.807, 2.05) is 0 Å². The summed E-state index contributed by atoms with van der Waals surface area (Å²) in [5, 5.41) is 0. The Bertz CT molecular complexity index is 566. The van der Waals surface area contributed by atoms with Crippen LogP contribution in [0.15, 0.2) is 72.3 Å². The second kappa shape index (κ2) is 7.26. The molecule has 3 rings (SSSR count). The van der Waals surface area contributed by atoms with Gasteiger partial charge in [0.1, 0.15) is 0 Å². The maximum Gasteiger partial charge on any atom is 0.00481 e. The Hall–Kier alpha value is -1.82. The molecule has 0 N–H and O–H groups in total. The van der Waals surface area contributed by atoms with Gasteiger partial charge in [-0.1, -0.05) is 78.7 Å². The number of aryl methyl sites for hydroxylation is 1. The minimum Gasteiger partial charge on any atom is -0.0844 e. The Morgan fingerprint density at radius 1 is 0.857 bits per heavy atom. The Morgan fingerprint density at radius 2 is 1.57 bits per heavy atom. The molecule has 0 aromatic heterocycles. The van der Waals surface area contributed by atoms with Crippen LogP contribution in [0.3, 0.4) is 0 Å². The summed E-state index contributed by atoms with van der Waals surface area (Å²) in [5.41, 5.74) is 4.62. The molecule has 1 atom stereocenters. The monoisotopic (exact) mass is 276 g/mol. The van der Waals surface area contributed by atoms with Crippen molar-refractivity contribution in [1.29, 1.82) is 0 Å². The van der Waals surface area contributed by atoms with Crippen LogP contribution >= 0.6 is 0 Å². The quantitative estimate of drug-likeness (QED) is 0.609. The van der Waals surface area contributed by atoms with Crippen molar-refractivity contribution in [2.45, 2.75) is 44.4 Å². The maximum absolute atomic E-state index is 2.52. The van der Waals surface area contributed by atoms with Crippen molar-refractivity contribution in [3.8, 4) is 0 Å². The number of hydrogen-bond acceptors (Lipinski definition) is 0. The van der Waals surface area contributed by atoms with Crippen molar-refractivity contribution < 1.29 is 0 Å². The van der Waals surface area contributed by atoms with Crippen LogP contribution in [-0.2, 0) is 6.42 Å². The van der Waals surface area contributed by atoms with E-state index in [1.165, 1.54) is 43.2 Å². The lowest BCUT2D eigenvalue weighted by atomic mass is 9.79. The van der Waals surface area contributed by atoms with E-state index >= 15 is 0 Å². The predicted molar refractivity (Wildman–Crippen MR) is 90.5 cm³/mol. The van der Waals surface area contributed by atoms with E-state index in [-0.39, 0.29) is 0 Å². The molecule has 1 unspecified atom stereocenters. The Labute approximate surface area is 128 Å². The molecule has 0 saturated heterocycles. The molecule has 1 saturated carbocycles. The first-order chi connectivity index (χ1) is 10.4. The molecule has 1 aliphatic rings. The van der Waals surface area contributed by atoms with Gasteiger partial charge in [0.25, 0.3) is 0 Å². The average molecular weight is 276 g/mol. The predicted octanol–water partition coefficient (Wildman–Crippen LogP) is 5.90. The summed E-state index contributed by atoms with van der Waals surface area (Å²) in [6.45, 7) is 0. The van der Waals surface area contributed by atoms with Gasteiger partial charge in [0.2, 0.25) is 0 Å². The first-order valence-electron chi connectivity index (χ1n) is 8.21. The van der Waals surface area contributed by atoms with Gasteiger partial charge in [0.15, 0.2) is 0 Å². The van der Waals surface area contributed by atoms with Crippen molar-refractivity contribution in [1.82, 2.24) is 0 Å². The van der Waals surface area contributed by atoms with Gasteiger partial charge in [-0.3, -0.25) is 0 Å². The highest BCUT2D eigenvalue weighted by molar-refractivity contribution is 5.30. The number of benzene rings is 2. The molecule has 0 aliphatic heterocycles. The molecule has 0 spiro atoms. The van der Waals surface area contributed by atoms with E-state index in [2.05, 4.69) is 66.7 Å². The molecule has 0 nitrogen and oxygen atoms in total. The number of hydrogen-bond donors (Lipinski definition) is 0. The van der Waals surface area contributed by atoms with Crippen LogP contribution in [0.4, 0.5) is 0 Å². The topological polar surface area (TPSA) is 0 Å². The van der Waals surface area contributed by atoms with Gasteiger partial charge >= 0.3 is 0 Å². The van der Waals surface area contributed by atoms with Gasteiger partial charge in [-0.15, -0.1) is 0 Å². The summed E-state index contributed by atoms with van der Waals surface area (Å²) in [7, 11) is 0. The van der Waals surface area contributed by atoms with Crippen molar-refractivity contribution in [2.75, 3.05) is 0 Å². The zero-order valence-electron chi connectivity index (χ0n) is 12.7. The minimum atomic E-state index is 0.663. The summed E-state index contributed by atoms with van der Waals surface area (Å²) in [6.07, 6.45) is 10.2. The summed E-state index contributed by atoms with van der Waals surface area (Å²) in [4.78, 5) is 0. The highest BCUT2D eigenvalue weighted by Gasteiger charge is 2.19.